The summed E-state index contributed by atoms with van der Waals surface area (Å²) < 4.78 is 5.51. The van der Waals surface area contributed by atoms with E-state index in [0.29, 0.717) is 0 Å². The molecule has 176 valence electrons. The van der Waals surface area contributed by atoms with Gasteiger partial charge in [0, 0.05) is 40.3 Å². The molecule has 6 rings (SSSR count). The summed E-state index contributed by atoms with van der Waals surface area (Å²) >= 11 is 3.83. The van der Waals surface area contributed by atoms with E-state index in [1.54, 1.807) is 0 Å². The van der Waals surface area contributed by atoms with Crippen LogP contribution in [-0.2, 0) is 10.8 Å². The molecule has 0 unspecified atom stereocenters. The van der Waals surface area contributed by atoms with Crippen molar-refractivity contribution in [2.24, 2.45) is 0 Å². The Labute approximate surface area is 216 Å². The Balaban J connectivity index is 1.55. The molecule has 0 spiro atoms. The van der Waals surface area contributed by atoms with Crippen molar-refractivity contribution in [1.29, 1.82) is 0 Å². The Kier molecular flexibility index (Phi) is 5.15. The molecular formula is C33H32S2. The lowest BCUT2D eigenvalue weighted by Gasteiger charge is -2.23. The highest BCUT2D eigenvalue weighted by Gasteiger charge is 2.22. The highest BCUT2D eigenvalue weighted by atomic mass is 32.1. The Hall–Kier alpha value is -2.68. The Morgan fingerprint density at radius 1 is 0.600 bits per heavy atom. The summed E-state index contributed by atoms with van der Waals surface area (Å²) in [7, 11) is 0. The van der Waals surface area contributed by atoms with Crippen molar-refractivity contribution in [3.05, 3.63) is 83.9 Å². The van der Waals surface area contributed by atoms with Gasteiger partial charge in [0.05, 0.1) is 0 Å². The van der Waals surface area contributed by atoms with Crippen molar-refractivity contribution >= 4 is 63.0 Å². The van der Waals surface area contributed by atoms with Crippen molar-refractivity contribution in [2.45, 2.75) is 58.8 Å². The third kappa shape index (κ3) is 3.70. The predicted molar refractivity (Wildman–Crippen MR) is 160 cm³/mol. The van der Waals surface area contributed by atoms with Gasteiger partial charge in [-0.15, -0.1) is 22.7 Å². The highest BCUT2D eigenvalue weighted by molar-refractivity contribution is 7.26. The summed E-state index contributed by atoms with van der Waals surface area (Å²) in [5, 5.41) is 5.58. The summed E-state index contributed by atoms with van der Waals surface area (Å²) in [6.07, 6.45) is 1.14. The molecule has 35 heavy (non-hydrogen) atoms. The van der Waals surface area contributed by atoms with Crippen LogP contribution in [-0.4, -0.2) is 0 Å². The minimum absolute atomic E-state index is 0.0717. The topological polar surface area (TPSA) is 0 Å². The number of benzene rings is 4. The van der Waals surface area contributed by atoms with Gasteiger partial charge in [0.2, 0.25) is 0 Å². The van der Waals surface area contributed by atoms with Gasteiger partial charge in [-0.3, -0.25) is 0 Å². The first-order valence-electron chi connectivity index (χ1n) is 12.6. The quantitative estimate of drug-likeness (QED) is 0.230. The van der Waals surface area contributed by atoms with E-state index in [0.717, 1.165) is 6.42 Å². The van der Waals surface area contributed by atoms with E-state index in [1.807, 2.05) is 22.7 Å². The van der Waals surface area contributed by atoms with Gasteiger partial charge in [0.1, 0.15) is 0 Å². The second-order valence-electron chi connectivity index (χ2n) is 11.5. The average molecular weight is 493 g/mol. The fourth-order valence-corrected chi connectivity index (χ4v) is 7.49. The normalized spacial score (nSPS) is 13.0. The zero-order valence-electron chi connectivity index (χ0n) is 21.5. The highest BCUT2D eigenvalue weighted by Crippen LogP contribution is 2.44. The van der Waals surface area contributed by atoms with Crippen molar-refractivity contribution in [3.63, 3.8) is 0 Å². The fraction of sp³-hybridized carbons (Fsp3) is 0.273. The van der Waals surface area contributed by atoms with E-state index in [2.05, 4.69) is 114 Å². The molecule has 0 bridgehead atoms. The lowest BCUT2D eigenvalue weighted by atomic mass is 9.82. The van der Waals surface area contributed by atoms with Crippen LogP contribution in [0.25, 0.3) is 51.5 Å². The zero-order valence-corrected chi connectivity index (χ0v) is 23.1. The van der Waals surface area contributed by atoms with E-state index in [-0.39, 0.29) is 10.8 Å². The number of hydrogen-bond donors (Lipinski definition) is 0. The Morgan fingerprint density at radius 3 is 2.09 bits per heavy atom. The van der Waals surface area contributed by atoms with Crippen molar-refractivity contribution in [1.82, 2.24) is 0 Å². The summed E-state index contributed by atoms with van der Waals surface area (Å²) in [6.45, 7) is 14.0. The molecule has 0 nitrogen and oxygen atoms in total. The molecule has 6 aromatic rings. The summed E-state index contributed by atoms with van der Waals surface area (Å²) in [5.74, 6) is 0. The first-order valence-corrected chi connectivity index (χ1v) is 14.2. The lowest BCUT2D eigenvalue weighted by Crippen LogP contribution is -2.14. The first kappa shape index (κ1) is 22.8. The van der Waals surface area contributed by atoms with Crippen LogP contribution in [0.3, 0.4) is 0 Å². The monoisotopic (exact) mass is 492 g/mol. The molecule has 2 heteroatoms. The van der Waals surface area contributed by atoms with E-state index >= 15 is 0 Å². The second kappa shape index (κ2) is 7.91. The van der Waals surface area contributed by atoms with E-state index < -0.39 is 0 Å². The van der Waals surface area contributed by atoms with Crippen LogP contribution in [0.5, 0.6) is 0 Å². The average Bonchev–Trinajstić information content (AvgIpc) is 3.39. The third-order valence-electron chi connectivity index (χ3n) is 7.76. The zero-order chi connectivity index (χ0) is 24.5. The number of hydrogen-bond acceptors (Lipinski definition) is 2. The van der Waals surface area contributed by atoms with Crippen molar-refractivity contribution in [2.75, 3.05) is 0 Å². The number of fused-ring (bicyclic) bond motifs is 6. The van der Waals surface area contributed by atoms with Gasteiger partial charge >= 0.3 is 0 Å². The van der Waals surface area contributed by atoms with E-state index in [4.69, 9.17) is 0 Å². The maximum Gasteiger partial charge on any atom is 0.0364 e. The van der Waals surface area contributed by atoms with Crippen LogP contribution >= 0.6 is 22.7 Å². The van der Waals surface area contributed by atoms with E-state index in [1.165, 1.54) is 62.6 Å². The maximum absolute atomic E-state index is 2.44. The predicted octanol–water partition coefficient (Wildman–Crippen LogP) is 11.1. The van der Waals surface area contributed by atoms with Gasteiger partial charge in [0.15, 0.2) is 0 Å². The van der Waals surface area contributed by atoms with E-state index in [9.17, 15) is 0 Å². The maximum atomic E-state index is 2.44. The van der Waals surface area contributed by atoms with Gasteiger partial charge in [-0.25, -0.2) is 0 Å². The number of rotatable bonds is 3. The first-order chi connectivity index (χ1) is 16.7. The lowest BCUT2D eigenvalue weighted by molar-refractivity contribution is 0.507. The minimum Gasteiger partial charge on any atom is -0.135 e. The second-order valence-corrected chi connectivity index (χ2v) is 13.7. The standard InChI is InChI=1S/C33H32S2/c1-7-33(5,6)22-13-15-28-25(19-22)23-14-12-20(17-29(23)34-28)21-16-26(32(2,3)4)31-24-10-8-9-11-27(24)35-30(31)18-21/h8-19H,7H2,1-6H3. The van der Waals surface area contributed by atoms with Gasteiger partial charge in [0.25, 0.3) is 0 Å². The Bertz CT molecular complexity index is 1730. The largest absolute Gasteiger partial charge is 0.135 e. The summed E-state index contributed by atoms with van der Waals surface area (Å²) in [5.41, 5.74) is 5.77. The molecule has 0 aliphatic heterocycles. The molecule has 0 fully saturated rings. The van der Waals surface area contributed by atoms with Crippen molar-refractivity contribution in [3.8, 4) is 11.1 Å². The molecule has 0 N–H and O–H groups in total. The minimum atomic E-state index is 0.0717. The van der Waals surface area contributed by atoms with Crippen molar-refractivity contribution < 1.29 is 0 Å². The third-order valence-corrected chi connectivity index (χ3v) is 10.0. The van der Waals surface area contributed by atoms with Crippen LogP contribution in [0, 0.1) is 0 Å². The molecule has 0 amide bonds. The summed E-state index contributed by atoms with van der Waals surface area (Å²) in [6, 6.07) is 27.9. The molecule has 0 radical (unpaired) electrons. The van der Waals surface area contributed by atoms with Gasteiger partial charge < -0.3 is 0 Å². The molecule has 2 heterocycles. The molecule has 0 aliphatic carbocycles. The van der Waals surface area contributed by atoms with Crippen LogP contribution in [0.2, 0.25) is 0 Å². The van der Waals surface area contributed by atoms with Crippen LogP contribution in [0.15, 0.2) is 72.8 Å². The fourth-order valence-electron chi connectivity index (χ4n) is 5.19. The molecule has 0 atom stereocenters. The molecule has 0 aliphatic rings. The summed E-state index contributed by atoms with van der Waals surface area (Å²) in [4.78, 5) is 0. The Morgan fingerprint density at radius 2 is 1.31 bits per heavy atom. The molecule has 4 aromatic carbocycles. The SMILES string of the molecule is CCC(C)(C)c1ccc2sc3cc(-c4cc(C(C)(C)C)c5c(c4)sc4ccccc45)ccc3c2c1. The molecule has 0 saturated carbocycles. The number of thiophene rings is 2. The molecular weight excluding hydrogens is 460 g/mol. The van der Waals surface area contributed by atoms with Crippen LogP contribution in [0.1, 0.15) is 59.1 Å². The van der Waals surface area contributed by atoms with Gasteiger partial charge in [-0.1, -0.05) is 77.9 Å². The molecule has 2 aromatic heterocycles. The molecule has 0 saturated heterocycles. The smallest absolute Gasteiger partial charge is 0.0364 e. The van der Waals surface area contributed by atoms with Gasteiger partial charge in [-0.05, 0) is 75.9 Å². The van der Waals surface area contributed by atoms with Crippen LogP contribution < -0.4 is 0 Å². The van der Waals surface area contributed by atoms with Crippen LogP contribution in [0.4, 0.5) is 0 Å². The van der Waals surface area contributed by atoms with Gasteiger partial charge in [-0.2, -0.15) is 0 Å².